The van der Waals surface area contributed by atoms with Crippen molar-refractivity contribution in [2.24, 2.45) is 0 Å². The van der Waals surface area contributed by atoms with Gasteiger partial charge >= 0.3 is 0 Å². The molecule has 196 valence electrons. The van der Waals surface area contributed by atoms with E-state index in [1.165, 1.54) is 0 Å². The van der Waals surface area contributed by atoms with E-state index < -0.39 is 24.4 Å². The van der Waals surface area contributed by atoms with Crippen LogP contribution in [-0.2, 0) is 45.4 Å². The summed E-state index contributed by atoms with van der Waals surface area (Å²) in [5.74, 6) is 0. The third-order valence-electron chi connectivity index (χ3n) is 6.88. The average molecular weight is 511 g/mol. The maximum atomic E-state index is 11.3. The number of rotatable bonds is 8. The highest BCUT2D eigenvalue weighted by atomic mass is 16.6. The van der Waals surface area contributed by atoms with Crippen molar-refractivity contribution in [3.05, 3.63) is 132 Å². The Balaban J connectivity index is 1.43. The zero-order valence-electron chi connectivity index (χ0n) is 21.4. The van der Waals surface area contributed by atoms with Crippen LogP contribution in [0.5, 0.6) is 0 Å². The van der Waals surface area contributed by atoms with Crippen LogP contribution in [-0.4, -0.2) is 36.1 Å². The molecule has 0 aromatic heterocycles. The summed E-state index contributed by atoms with van der Waals surface area (Å²) in [5.41, 5.74) is 4.13. The van der Waals surface area contributed by atoms with Crippen LogP contribution in [0.15, 0.2) is 110 Å². The molecule has 1 heterocycles. The molecule has 1 aliphatic rings. The predicted molar refractivity (Wildman–Crippen MR) is 148 cm³/mol. The van der Waals surface area contributed by atoms with Gasteiger partial charge in [0, 0.05) is 0 Å². The van der Waals surface area contributed by atoms with Gasteiger partial charge in [0.25, 0.3) is 0 Å². The van der Waals surface area contributed by atoms with Crippen LogP contribution in [0.2, 0.25) is 0 Å². The smallest absolute Gasteiger partial charge is 0.116 e. The predicted octanol–water partition coefficient (Wildman–Crippen LogP) is 5.97. The Morgan fingerprint density at radius 1 is 0.816 bits per heavy atom. The average Bonchev–Trinajstić information content (AvgIpc) is 2.96. The zero-order chi connectivity index (χ0) is 26.2. The first kappa shape index (κ1) is 26.3. The second kappa shape index (κ2) is 13.0. The maximum absolute atomic E-state index is 11.3. The number of benzene rings is 4. The van der Waals surface area contributed by atoms with Crippen LogP contribution in [0, 0.1) is 0 Å². The summed E-state index contributed by atoms with van der Waals surface area (Å²) < 4.78 is 25.2. The van der Waals surface area contributed by atoms with E-state index in [0.717, 1.165) is 33.0 Å². The van der Waals surface area contributed by atoms with Gasteiger partial charge < -0.3 is 24.1 Å². The van der Waals surface area contributed by atoms with E-state index in [1.807, 2.05) is 72.8 Å². The molecule has 0 saturated heterocycles. The van der Waals surface area contributed by atoms with Gasteiger partial charge in [-0.1, -0.05) is 91.0 Å². The highest BCUT2D eigenvalue weighted by Crippen LogP contribution is 2.27. The first-order chi connectivity index (χ1) is 18.7. The largest absolute Gasteiger partial charge is 0.388 e. The normalized spacial score (nSPS) is 20.9. The molecular formula is C33H34O5. The van der Waals surface area contributed by atoms with Gasteiger partial charge in [0.15, 0.2) is 0 Å². The fourth-order valence-corrected chi connectivity index (χ4v) is 4.81. The molecule has 0 fully saturated rings. The zero-order valence-corrected chi connectivity index (χ0v) is 21.4. The monoisotopic (exact) mass is 510 g/mol. The Hall–Kier alpha value is -3.32. The SMILES string of the molecule is C=CC(OCc1ccccc1)[C@@H]1OCc2cc3ccccc3cc2COCC(O)[C@@H]1OCc1ccccc1. The van der Waals surface area contributed by atoms with Gasteiger partial charge in [-0.25, -0.2) is 0 Å². The van der Waals surface area contributed by atoms with E-state index >= 15 is 0 Å². The quantitative estimate of drug-likeness (QED) is 0.296. The molecule has 0 amide bonds. The molecule has 0 spiro atoms. The summed E-state index contributed by atoms with van der Waals surface area (Å²) in [7, 11) is 0. The van der Waals surface area contributed by atoms with Crippen LogP contribution in [0.25, 0.3) is 10.8 Å². The third-order valence-corrected chi connectivity index (χ3v) is 6.88. The summed E-state index contributed by atoms with van der Waals surface area (Å²) in [6.45, 7) is 5.56. The van der Waals surface area contributed by atoms with E-state index in [2.05, 4.69) is 30.8 Å². The van der Waals surface area contributed by atoms with Crippen molar-refractivity contribution in [3.8, 4) is 0 Å². The fraction of sp³-hybridized carbons (Fsp3) is 0.273. The van der Waals surface area contributed by atoms with Gasteiger partial charge in [0.2, 0.25) is 0 Å². The Morgan fingerprint density at radius 3 is 2.03 bits per heavy atom. The first-order valence-electron chi connectivity index (χ1n) is 13.0. The van der Waals surface area contributed by atoms with Crippen LogP contribution in [0.1, 0.15) is 22.3 Å². The molecule has 4 atom stereocenters. The molecule has 4 aromatic carbocycles. The van der Waals surface area contributed by atoms with E-state index in [0.29, 0.717) is 26.4 Å². The summed E-state index contributed by atoms with van der Waals surface area (Å²) in [6, 6.07) is 32.4. The van der Waals surface area contributed by atoms with Gasteiger partial charge in [-0.15, -0.1) is 6.58 Å². The van der Waals surface area contributed by atoms with Crippen molar-refractivity contribution in [2.45, 2.75) is 50.8 Å². The molecule has 1 aliphatic heterocycles. The molecule has 0 radical (unpaired) electrons. The highest BCUT2D eigenvalue weighted by molar-refractivity contribution is 5.84. The third kappa shape index (κ3) is 6.57. The van der Waals surface area contributed by atoms with E-state index in [1.54, 1.807) is 6.08 Å². The van der Waals surface area contributed by atoms with Crippen molar-refractivity contribution < 1.29 is 24.1 Å². The summed E-state index contributed by atoms with van der Waals surface area (Å²) in [4.78, 5) is 0. The second-order valence-electron chi connectivity index (χ2n) is 9.58. The van der Waals surface area contributed by atoms with E-state index in [9.17, 15) is 5.11 Å². The first-order valence-corrected chi connectivity index (χ1v) is 13.0. The van der Waals surface area contributed by atoms with E-state index in [4.69, 9.17) is 18.9 Å². The van der Waals surface area contributed by atoms with Gasteiger partial charge in [-0.2, -0.15) is 0 Å². The molecule has 38 heavy (non-hydrogen) atoms. The summed E-state index contributed by atoms with van der Waals surface area (Å²) >= 11 is 0. The van der Waals surface area contributed by atoms with Gasteiger partial charge in [-0.05, 0) is 45.2 Å². The Morgan fingerprint density at radius 2 is 1.39 bits per heavy atom. The molecule has 4 aromatic rings. The summed E-state index contributed by atoms with van der Waals surface area (Å²) in [6.07, 6.45) is -1.03. The topological polar surface area (TPSA) is 57.2 Å². The fourth-order valence-electron chi connectivity index (χ4n) is 4.81. The number of fused-ring (bicyclic) bond motifs is 2. The molecule has 0 bridgehead atoms. The minimum Gasteiger partial charge on any atom is -0.388 e. The second-order valence-corrected chi connectivity index (χ2v) is 9.58. The lowest BCUT2D eigenvalue weighted by Crippen LogP contribution is -2.49. The van der Waals surface area contributed by atoms with Crippen LogP contribution in [0.4, 0.5) is 0 Å². The molecule has 5 rings (SSSR count). The number of aliphatic hydroxyl groups is 1. The van der Waals surface area contributed by atoms with E-state index in [-0.39, 0.29) is 6.61 Å². The van der Waals surface area contributed by atoms with Crippen molar-refractivity contribution in [1.29, 1.82) is 0 Å². The van der Waals surface area contributed by atoms with Crippen LogP contribution >= 0.6 is 0 Å². The van der Waals surface area contributed by atoms with Crippen molar-refractivity contribution in [2.75, 3.05) is 6.61 Å². The standard InChI is InChI=1S/C33H34O5/c1-2-31(36-19-24-11-5-3-6-12-24)33-32(37-20-25-13-7-4-8-14-25)30(34)23-35-21-28-17-26-15-9-10-16-27(26)18-29(28)22-38-33/h2-18,30-34H,1,19-23H2/t30?,31?,32-,33-/m0/s1. The van der Waals surface area contributed by atoms with Crippen molar-refractivity contribution in [1.82, 2.24) is 0 Å². The molecule has 5 nitrogen and oxygen atoms in total. The number of hydrogen-bond donors (Lipinski definition) is 1. The molecule has 0 aliphatic carbocycles. The summed E-state index contributed by atoms with van der Waals surface area (Å²) in [5, 5.41) is 13.6. The lowest BCUT2D eigenvalue weighted by Gasteiger charge is -2.35. The van der Waals surface area contributed by atoms with Crippen molar-refractivity contribution >= 4 is 10.8 Å². The van der Waals surface area contributed by atoms with Gasteiger partial charge in [0.05, 0.1) is 33.0 Å². The molecule has 2 unspecified atom stereocenters. The van der Waals surface area contributed by atoms with Gasteiger partial charge in [-0.3, -0.25) is 0 Å². The van der Waals surface area contributed by atoms with Crippen molar-refractivity contribution in [3.63, 3.8) is 0 Å². The molecule has 0 saturated carbocycles. The Bertz CT molecular complexity index is 1310. The molecular weight excluding hydrogens is 476 g/mol. The number of hydrogen-bond acceptors (Lipinski definition) is 5. The maximum Gasteiger partial charge on any atom is 0.116 e. The minimum atomic E-state index is -0.923. The molecule has 5 heteroatoms. The van der Waals surface area contributed by atoms with Gasteiger partial charge in [0.1, 0.15) is 24.4 Å². The highest BCUT2D eigenvalue weighted by Gasteiger charge is 2.36. The van der Waals surface area contributed by atoms with Crippen LogP contribution in [0.3, 0.4) is 0 Å². The van der Waals surface area contributed by atoms with Crippen LogP contribution < -0.4 is 0 Å². The Kier molecular flexibility index (Phi) is 8.97. The number of ether oxygens (including phenoxy) is 4. The Labute approximate surface area is 224 Å². The number of aliphatic hydroxyl groups excluding tert-OH is 1. The molecule has 1 N–H and O–H groups in total. The lowest BCUT2D eigenvalue weighted by molar-refractivity contribution is -0.180. The minimum absolute atomic E-state index is 0.105. The lowest BCUT2D eigenvalue weighted by atomic mass is 9.99.